The number of hydrogen-bond acceptors (Lipinski definition) is 4. The fourth-order valence-electron chi connectivity index (χ4n) is 2.55. The van der Waals surface area contributed by atoms with Gasteiger partial charge in [-0.2, -0.15) is 0 Å². The predicted molar refractivity (Wildman–Crippen MR) is 86.7 cm³/mol. The number of aliphatic hydroxyl groups is 1. The van der Waals surface area contributed by atoms with Crippen LogP contribution in [0.25, 0.3) is 0 Å². The lowest BCUT2D eigenvalue weighted by molar-refractivity contribution is -0.136. The first-order valence-electron chi connectivity index (χ1n) is 8.11. The van der Waals surface area contributed by atoms with Gasteiger partial charge in [0.2, 0.25) is 5.91 Å². The molecule has 0 heterocycles. The van der Waals surface area contributed by atoms with Crippen molar-refractivity contribution in [3.8, 4) is 0 Å². The van der Waals surface area contributed by atoms with Gasteiger partial charge in [0.15, 0.2) is 5.67 Å². The van der Waals surface area contributed by atoms with Crippen LogP contribution in [0.3, 0.4) is 0 Å². The van der Waals surface area contributed by atoms with Crippen LogP contribution < -0.4 is 11.2 Å². The van der Waals surface area contributed by atoms with Crippen LogP contribution >= 0.6 is 0 Å². The number of primary amides is 1. The molecule has 26 heavy (non-hydrogen) atoms. The summed E-state index contributed by atoms with van der Waals surface area (Å²) < 4.78 is 40.2. The normalized spacial score (nSPS) is 15.8. The van der Waals surface area contributed by atoms with Crippen LogP contribution in [0, 0.1) is 17.6 Å². The molecule has 1 aromatic rings. The summed E-state index contributed by atoms with van der Waals surface area (Å²) in [6.07, 6.45) is -1.40. The van der Waals surface area contributed by atoms with Crippen LogP contribution in [0.5, 0.6) is 0 Å². The fourth-order valence-corrected chi connectivity index (χ4v) is 2.55. The van der Waals surface area contributed by atoms with Crippen LogP contribution in [0.1, 0.15) is 38.2 Å². The average molecular weight is 376 g/mol. The lowest BCUT2D eigenvalue weighted by atomic mass is 9.89. The third-order valence-corrected chi connectivity index (χ3v) is 4.20. The molecule has 0 saturated heterocycles. The smallest absolute Gasteiger partial charge is 0.254 e. The zero-order valence-electron chi connectivity index (χ0n) is 14.3. The number of carbonyl (C=O) groups excluding carboxylic acids is 2. The van der Waals surface area contributed by atoms with Crippen molar-refractivity contribution in [3.05, 3.63) is 35.4 Å². The summed E-state index contributed by atoms with van der Waals surface area (Å²) in [5, 5.41) is 18.8. The molecule has 0 bridgehead atoms. The van der Waals surface area contributed by atoms with E-state index in [2.05, 4.69) is 0 Å². The monoisotopic (exact) mass is 376 g/mol. The van der Waals surface area contributed by atoms with E-state index in [-0.39, 0.29) is 32.1 Å². The fraction of sp³-hybridized carbons (Fsp3) is 0.529. The summed E-state index contributed by atoms with van der Waals surface area (Å²) in [4.78, 5) is 22.7. The zero-order valence-corrected chi connectivity index (χ0v) is 14.3. The highest BCUT2D eigenvalue weighted by molar-refractivity contribution is 5.83. The quantitative estimate of drug-likeness (QED) is 0.368. The first-order chi connectivity index (χ1) is 12.0. The van der Waals surface area contributed by atoms with Gasteiger partial charge < -0.3 is 10.8 Å². The molecule has 3 unspecified atom stereocenters. The predicted octanol–water partition coefficient (Wildman–Crippen LogP) is 1.76. The van der Waals surface area contributed by atoms with Gasteiger partial charge in [0.1, 0.15) is 11.6 Å². The van der Waals surface area contributed by atoms with Gasteiger partial charge in [-0.15, -0.1) is 0 Å². The van der Waals surface area contributed by atoms with Gasteiger partial charge in [-0.3, -0.25) is 14.8 Å². The van der Waals surface area contributed by atoms with Crippen molar-refractivity contribution >= 4 is 11.8 Å². The van der Waals surface area contributed by atoms with E-state index in [1.54, 1.807) is 0 Å². The molecule has 0 aliphatic carbocycles. The lowest BCUT2D eigenvalue weighted by Crippen LogP contribution is -2.38. The molecule has 0 radical (unpaired) electrons. The molecular formula is C17H23F3N2O4. The summed E-state index contributed by atoms with van der Waals surface area (Å²) in [7, 11) is 0. The Morgan fingerprint density at radius 1 is 1.23 bits per heavy atom. The summed E-state index contributed by atoms with van der Waals surface area (Å²) >= 11 is 0. The number of hydroxylamine groups is 1. The SMILES string of the molecule is CC(F)(CCC(CC(O)CCc1cc(F)cc(F)c1)C(=O)NO)C(N)=O. The van der Waals surface area contributed by atoms with Gasteiger partial charge >= 0.3 is 0 Å². The molecule has 6 nitrogen and oxygen atoms in total. The van der Waals surface area contributed by atoms with E-state index < -0.39 is 41.1 Å². The van der Waals surface area contributed by atoms with E-state index >= 15 is 0 Å². The zero-order chi connectivity index (χ0) is 19.9. The molecule has 0 saturated carbocycles. The second kappa shape index (κ2) is 9.54. The largest absolute Gasteiger partial charge is 0.393 e. The Labute approximate surface area is 149 Å². The van der Waals surface area contributed by atoms with E-state index in [0.717, 1.165) is 25.1 Å². The maximum absolute atomic E-state index is 13.9. The van der Waals surface area contributed by atoms with Crippen molar-refractivity contribution in [1.29, 1.82) is 0 Å². The minimum Gasteiger partial charge on any atom is -0.393 e. The van der Waals surface area contributed by atoms with Crippen molar-refractivity contribution < 1.29 is 33.1 Å². The first-order valence-corrected chi connectivity index (χ1v) is 8.11. The minimum atomic E-state index is -2.32. The van der Waals surface area contributed by atoms with Crippen LogP contribution in [0.15, 0.2) is 18.2 Å². The van der Waals surface area contributed by atoms with E-state index in [1.165, 1.54) is 5.48 Å². The number of alkyl halides is 1. The Bertz CT molecular complexity index is 620. The average Bonchev–Trinajstić information content (AvgIpc) is 2.55. The number of aryl methyl sites for hydroxylation is 1. The van der Waals surface area contributed by atoms with E-state index in [1.807, 2.05) is 0 Å². The van der Waals surface area contributed by atoms with Crippen molar-refractivity contribution in [2.75, 3.05) is 0 Å². The van der Waals surface area contributed by atoms with E-state index in [0.29, 0.717) is 5.56 Å². The third kappa shape index (κ3) is 7.01. The standard InChI is InChI=1S/C17H23F3N2O4/c1-17(20,16(21)25)5-4-11(15(24)22-26)8-14(23)3-2-10-6-12(18)9-13(19)7-10/h6-7,9,11,14,23,26H,2-5,8H2,1H3,(H2,21,25)(H,22,24). The highest BCUT2D eigenvalue weighted by Crippen LogP contribution is 2.24. The van der Waals surface area contributed by atoms with Gasteiger partial charge in [0.05, 0.1) is 6.10 Å². The van der Waals surface area contributed by atoms with Crippen molar-refractivity contribution in [2.24, 2.45) is 11.7 Å². The van der Waals surface area contributed by atoms with Crippen LogP contribution in [0.4, 0.5) is 13.2 Å². The number of nitrogens with two attached hydrogens (primary N) is 1. The number of aliphatic hydroxyl groups excluding tert-OH is 1. The topological polar surface area (TPSA) is 113 Å². The molecule has 146 valence electrons. The number of rotatable bonds is 10. The maximum atomic E-state index is 13.9. The molecule has 0 aliphatic rings. The highest BCUT2D eigenvalue weighted by Gasteiger charge is 2.33. The molecule has 1 aromatic carbocycles. The summed E-state index contributed by atoms with van der Waals surface area (Å²) in [5.41, 5.74) is 4.39. The number of carbonyl (C=O) groups is 2. The molecule has 3 atom stereocenters. The van der Waals surface area contributed by atoms with E-state index in [9.17, 15) is 27.9 Å². The Morgan fingerprint density at radius 2 is 1.81 bits per heavy atom. The van der Waals surface area contributed by atoms with Crippen LogP contribution in [0.2, 0.25) is 0 Å². The van der Waals surface area contributed by atoms with Crippen LogP contribution in [-0.2, 0) is 16.0 Å². The van der Waals surface area contributed by atoms with Crippen molar-refractivity contribution in [2.45, 2.75) is 50.8 Å². The van der Waals surface area contributed by atoms with Gasteiger partial charge in [0, 0.05) is 12.0 Å². The number of hydrogen-bond donors (Lipinski definition) is 4. The van der Waals surface area contributed by atoms with Gasteiger partial charge in [-0.05, 0) is 56.7 Å². The molecule has 2 amide bonds. The third-order valence-electron chi connectivity index (χ3n) is 4.20. The van der Waals surface area contributed by atoms with Crippen LogP contribution in [-0.4, -0.2) is 33.9 Å². The highest BCUT2D eigenvalue weighted by atomic mass is 19.1. The van der Waals surface area contributed by atoms with Crippen molar-refractivity contribution in [1.82, 2.24) is 5.48 Å². The second-order valence-corrected chi connectivity index (χ2v) is 6.48. The molecule has 0 aliphatic heterocycles. The first kappa shape index (κ1) is 21.9. The Morgan fingerprint density at radius 3 is 2.31 bits per heavy atom. The molecule has 5 N–H and O–H groups in total. The molecule has 0 spiro atoms. The molecule has 1 rings (SSSR count). The summed E-state index contributed by atoms with van der Waals surface area (Å²) in [6, 6.07) is 3.00. The van der Waals surface area contributed by atoms with E-state index in [4.69, 9.17) is 10.9 Å². The maximum Gasteiger partial charge on any atom is 0.254 e. The summed E-state index contributed by atoms with van der Waals surface area (Å²) in [6.45, 7) is 0.984. The number of nitrogens with one attached hydrogen (secondary N) is 1. The molecule has 9 heteroatoms. The number of halogens is 3. The Hall–Kier alpha value is -2.13. The van der Waals surface area contributed by atoms with Crippen molar-refractivity contribution in [3.63, 3.8) is 0 Å². The van der Waals surface area contributed by atoms with Gasteiger partial charge in [-0.1, -0.05) is 0 Å². The minimum absolute atomic E-state index is 0.0980. The molecular weight excluding hydrogens is 353 g/mol. The Kier molecular flexibility index (Phi) is 8.04. The van der Waals surface area contributed by atoms with Gasteiger partial charge in [0.25, 0.3) is 5.91 Å². The lowest BCUT2D eigenvalue weighted by Gasteiger charge is -2.22. The molecule has 0 aromatic heterocycles. The number of benzene rings is 1. The number of amides is 2. The second-order valence-electron chi connectivity index (χ2n) is 6.48. The summed E-state index contributed by atoms with van der Waals surface area (Å²) in [5.74, 6) is -4.44. The molecule has 0 fully saturated rings. The van der Waals surface area contributed by atoms with Gasteiger partial charge in [-0.25, -0.2) is 18.7 Å². The Balaban J connectivity index is 2.63.